The lowest BCUT2D eigenvalue weighted by molar-refractivity contribution is 0.457. The van der Waals surface area contributed by atoms with Crippen LogP contribution in [0, 0.1) is 0 Å². The highest BCUT2D eigenvalue weighted by atomic mass is 32.2. The Kier molecular flexibility index (Phi) is 4.57. The number of benzene rings is 3. The van der Waals surface area contributed by atoms with Crippen molar-refractivity contribution in [1.29, 1.82) is 0 Å². The van der Waals surface area contributed by atoms with Crippen LogP contribution in [0.3, 0.4) is 0 Å². The van der Waals surface area contributed by atoms with Gasteiger partial charge in [-0.2, -0.15) is 0 Å². The van der Waals surface area contributed by atoms with Crippen molar-refractivity contribution in [3.05, 3.63) is 83.9 Å². The first-order chi connectivity index (χ1) is 13.8. The maximum absolute atomic E-state index is 11.8. The zero-order chi connectivity index (χ0) is 20.6. The number of nitrogens with two attached hydrogens (primary N) is 2. The number of anilines is 1. The number of nitrogen functional groups attached to an aromatic ring is 1. The Morgan fingerprint density at radius 1 is 0.966 bits per heavy atom. The number of aromatic amines is 1. The van der Waals surface area contributed by atoms with Crippen molar-refractivity contribution in [2.45, 2.75) is 4.90 Å². The number of hydrogen-bond donors (Lipinski definition) is 4. The Morgan fingerprint density at radius 3 is 2.31 bits per heavy atom. The Balaban J connectivity index is 2.01. The van der Waals surface area contributed by atoms with Gasteiger partial charge in [0.15, 0.2) is 5.88 Å². The minimum atomic E-state index is -3.91. The summed E-state index contributed by atoms with van der Waals surface area (Å²) in [5.74, 6) is -0.121. The molecular formula is C21H18N4O3S. The summed E-state index contributed by atoms with van der Waals surface area (Å²) in [6.07, 6.45) is 0. The molecule has 8 heteroatoms. The number of sulfonamides is 1. The minimum Gasteiger partial charge on any atom is -0.494 e. The average molecular weight is 406 g/mol. The Labute approximate surface area is 167 Å². The van der Waals surface area contributed by atoms with E-state index in [1.54, 1.807) is 30.3 Å². The van der Waals surface area contributed by atoms with Crippen molar-refractivity contribution in [3.63, 3.8) is 0 Å². The molecule has 0 saturated heterocycles. The molecule has 0 unspecified atom stereocenters. The number of fused-ring (bicyclic) bond motifs is 1. The molecule has 0 fully saturated rings. The summed E-state index contributed by atoms with van der Waals surface area (Å²) in [7, 11) is -3.91. The average Bonchev–Trinajstić information content (AvgIpc) is 3.02. The van der Waals surface area contributed by atoms with E-state index in [1.807, 2.05) is 30.3 Å². The molecular weight excluding hydrogens is 388 g/mol. The minimum absolute atomic E-state index is 0.0508. The molecule has 0 amide bonds. The maximum atomic E-state index is 11.8. The molecule has 4 aromatic rings. The summed E-state index contributed by atoms with van der Waals surface area (Å²) < 4.78 is 23.6. The standard InChI is InChI=1S/C21H18N4O3S/c22-14-6-8-15(9-7-14)24-20(13-4-2-1-3-5-13)19-17-12-16(29(23,27)28)10-11-18(17)25-21(19)26/h1-12,25-26H,22H2,(H2,23,27,28). The topological polar surface area (TPSA) is 135 Å². The Morgan fingerprint density at radius 2 is 1.66 bits per heavy atom. The SMILES string of the molecule is Nc1ccc(N=C(c2ccccc2)c2c(O)[nH]c3ccc(S(N)(=O)=O)cc23)cc1. The number of nitrogens with one attached hydrogen (secondary N) is 1. The molecule has 0 saturated carbocycles. The molecule has 0 atom stereocenters. The van der Waals surface area contributed by atoms with E-state index >= 15 is 0 Å². The number of nitrogens with zero attached hydrogens (tertiary/aromatic N) is 1. The summed E-state index contributed by atoms with van der Waals surface area (Å²) in [6.45, 7) is 0. The molecule has 4 rings (SSSR count). The maximum Gasteiger partial charge on any atom is 0.238 e. The Hall–Kier alpha value is -3.62. The third kappa shape index (κ3) is 3.71. The summed E-state index contributed by atoms with van der Waals surface area (Å²) in [5, 5.41) is 16.4. The zero-order valence-electron chi connectivity index (χ0n) is 15.2. The molecule has 1 heterocycles. The molecule has 0 radical (unpaired) electrons. The number of hydrogen-bond acceptors (Lipinski definition) is 5. The molecule has 0 spiro atoms. The molecule has 0 aliphatic rings. The Bertz CT molecular complexity index is 1330. The first kappa shape index (κ1) is 18.7. The van der Waals surface area contributed by atoms with Crippen molar-refractivity contribution in [2.24, 2.45) is 10.1 Å². The van der Waals surface area contributed by atoms with E-state index in [2.05, 4.69) is 4.98 Å². The van der Waals surface area contributed by atoms with Gasteiger partial charge in [0.05, 0.1) is 21.9 Å². The highest BCUT2D eigenvalue weighted by molar-refractivity contribution is 7.89. The van der Waals surface area contributed by atoms with Gasteiger partial charge in [-0.3, -0.25) is 0 Å². The number of aromatic hydroxyl groups is 1. The predicted molar refractivity (Wildman–Crippen MR) is 114 cm³/mol. The fourth-order valence-corrected chi connectivity index (χ4v) is 3.65. The summed E-state index contributed by atoms with van der Waals surface area (Å²) >= 11 is 0. The smallest absolute Gasteiger partial charge is 0.238 e. The van der Waals surface area contributed by atoms with Gasteiger partial charge in [-0.25, -0.2) is 18.5 Å². The van der Waals surface area contributed by atoms with Gasteiger partial charge in [0.1, 0.15) is 0 Å². The number of aliphatic imine (C=N–C) groups is 1. The number of H-pyrrole nitrogens is 1. The molecule has 1 aromatic heterocycles. The fourth-order valence-electron chi connectivity index (χ4n) is 3.11. The fraction of sp³-hybridized carbons (Fsp3) is 0. The van der Waals surface area contributed by atoms with Crippen LogP contribution in [0.25, 0.3) is 10.9 Å². The molecule has 29 heavy (non-hydrogen) atoms. The molecule has 0 bridgehead atoms. The zero-order valence-corrected chi connectivity index (χ0v) is 16.0. The van der Waals surface area contributed by atoms with Crippen molar-refractivity contribution < 1.29 is 13.5 Å². The van der Waals surface area contributed by atoms with Crippen LogP contribution in [0.2, 0.25) is 0 Å². The van der Waals surface area contributed by atoms with Crippen molar-refractivity contribution >= 4 is 38.0 Å². The largest absolute Gasteiger partial charge is 0.494 e. The van der Waals surface area contributed by atoms with E-state index in [-0.39, 0.29) is 10.8 Å². The molecule has 6 N–H and O–H groups in total. The highest BCUT2D eigenvalue weighted by Crippen LogP contribution is 2.32. The van der Waals surface area contributed by atoms with Crippen LogP contribution < -0.4 is 10.9 Å². The van der Waals surface area contributed by atoms with Gasteiger partial charge in [-0.05, 0) is 42.5 Å². The lowest BCUT2D eigenvalue weighted by Crippen LogP contribution is -2.12. The van der Waals surface area contributed by atoms with Gasteiger partial charge >= 0.3 is 0 Å². The van der Waals surface area contributed by atoms with Crippen LogP contribution in [-0.2, 0) is 10.0 Å². The second kappa shape index (κ2) is 7.08. The first-order valence-electron chi connectivity index (χ1n) is 8.70. The van der Waals surface area contributed by atoms with Gasteiger partial charge in [0.2, 0.25) is 10.0 Å². The van der Waals surface area contributed by atoms with Crippen LogP contribution in [-0.4, -0.2) is 24.2 Å². The van der Waals surface area contributed by atoms with Crippen LogP contribution in [0.4, 0.5) is 11.4 Å². The van der Waals surface area contributed by atoms with E-state index in [4.69, 9.17) is 15.9 Å². The monoisotopic (exact) mass is 406 g/mol. The third-order valence-electron chi connectivity index (χ3n) is 4.50. The van der Waals surface area contributed by atoms with E-state index in [0.29, 0.717) is 33.6 Å². The second-order valence-corrected chi connectivity index (χ2v) is 8.08. The van der Waals surface area contributed by atoms with Crippen LogP contribution in [0.5, 0.6) is 5.88 Å². The van der Waals surface area contributed by atoms with Crippen LogP contribution >= 0.6 is 0 Å². The molecule has 146 valence electrons. The van der Waals surface area contributed by atoms with Crippen molar-refractivity contribution in [2.75, 3.05) is 5.73 Å². The van der Waals surface area contributed by atoms with Crippen LogP contribution in [0.15, 0.2) is 82.7 Å². The molecule has 0 aliphatic heterocycles. The van der Waals surface area contributed by atoms with Crippen molar-refractivity contribution in [1.82, 2.24) is 4.98 Å². The predicted octanol–water partition coefficient (Wildman–Crippen LogP) is 3.27. The number of rotatable bonds is 4. The van der Waals surface area contributed by atoms with E-state index in [1.165, 1.54) is 12.1 Å². The van der Waals surface area contributed by atoms with Gasteiger partial charge in [-0.1, -0.05) is 30.3 Å². The normalized spacial score (nSPS) is 12.4. The van der Waals surface area contributed by atoms with Gasteiger partial charge in [0.25, 0.3) is 0 Å². The van der Waals surface area contributed by atoms with Gasteiger partial charge in [0, 0.05) is 22.2 Å². The van der Waals surface area contributed by atoms with Crippen LogP contribution in [0.1, 0.15) is 11.1 Å². The summed E-state index contributed by atoms with van der Waals surface area (Å²) in [4.78, 5) is 7.53. The summed E-state index contributed by atoms with van der Waals surface area (Å²) in [5.41, 5.74) is 9.17. The quantitative estimate of drug-likeness (QED) is 0.305. The number of primary sulfonamides is 1. The summed E-state index contributed by atoms with van der Waals surface area (Å²) in [6, 6.07) is 20.7. The first-order valence-corrected chi connectivity index (χ1v) is 10.2. The van der Waals surface area contributed by atoms with E-state index in [0.717, 1.165) is 5.56 Å². The third-order valence-corrected chi connectivity index (χ3v) is 5.41. The van der Waals surface area contributed by atoms with E-state index in [9.17, 15) is 13.5 Å². The van der Waals surface area contributed by atoms with Gasteiger partial charge < -0.3 is 15.8 Å². The molecule has 7 nitrogen and oxygen atoms in total. The molecule has 3 aromatic carbocycles. The van der Waals surface area contributed by atoms with Gasteiger partial charge in [-0.15, -0.1) is 0 Å². The number of aromatic nitrogens is 1. The lowest BCUT2D eigenvalue weighted by Gasteiger charge is -2.08. The van der Waals surface area contributed by atoms with Crippen molar-refractivity contribution in [3.8, 4) is 5.88 Å². The highest BCUT2D eigenvalue weighted by Gasteiger charge is 2.20. The molecule has 0 aliphatic carbocycles. The van der Waals surface area contributed by atoms with E-state index < -0.39 is 10.0 Å². The second-order valence-electron chi connectivity index (χ2n) is 6.52. The lowest BCUT2D eigenvalue weighted by atomic mass is 10.0.